The van der Waals surface area contributed by atoms with Gasteiger partial charge in [0.1, 0.15) is 0 Å². The molecule has 4 aliphatic rings. The molecular weight excluding hydrogens is 540 g/mol. The van der Waals surface area contributed by atoms with Crippen molar-refractivity contribution < 1.29 is 0 Å². The van der Waals surface area contributed by atoms with E-state index >= 15 is 0 Å². The molecule has 0 aromatic heterocycles. The van der Waals surface area contributed by atoms with E-state index in [1.54, 1.807) is 0 Å². The fraction of sp³-hybridized carbons (Fsp3) is 1.00. The third-order valence-electron chi connectivity index (χ3n) is 15.3. The molecule has 0 N–H and O–H groups in total. The first-order valence-electron chi connectivity index (χ1n) is 21.0. The molecule has 0 bridgehead atoms. The van der Waals surface area contributed by atoms with Crippen LogP contribution in [0.25, 0.3) is 0 Å². The van der Waals surface area contributed by atoms with E-state index in [2.05, 4.69) is 111 Å². The van der Waals surface area contributed by atoms with Gasteiger partial charge >= 0.3 is 0 Å². The normalized spacial score (nSPS) is 45.9. The lowest BCUT2D eigenvalue weighted by atomic mass is 9.68. The van der Waals surface area contributed by atoms with Crippen molar-refractivity contribution in [2.45, 2.75) is 194 Å². The van der Waals surface area contributed by atoms with Gasteiger partial charge in [0.2, 0.25) is 0 Å². The first-order valence-corrected chi connectivity index (χ1v) is 21.0. The summed E-state index contributed by atoms with van der Waals surface area (Å²) in [6.07, 6.45) is 18.8. The molecule has 4 fully saturated rings. The Morgan fingerprint density at radius 1 is 0.244 bits per heavy atom. The van der Waals surface area contributed by atoms with Gasteiger partial charge in [0.25, 0.3) is 0 Å². The summed E-state index contributed by atoms with van der Waals surface area (Å²) < 4.78 is 0. The molecule has 0 radical (unpaired) electrons. The molecule has 270 valence electrons. The van der Waals surface area contributed by atoms with Crippen molar-refractivity contribution in [3.05, 3.63) is 0 Å². The molecule has 0 aromatic carbocycles. The molecule has 45 heavy (non-hydrogen) atoms. The van der Waals surface area contributed by atoms with E-state index in [0.29, 0.717) is 0 Å². The Kier molecular flexibility index (Phi) is 20.9. The molecule has 0 spiro atoms. The lowest BCUT2D eigenvalue weighted by Gasteiger charge is -2.38. The molecule has 0 amide bonds. The van der Waals surface area contributed by atoms with Crippen molar-refractivity contribution in [1.29, 1.82) is 0 Å². The van der Waals surface area contributed by atoms with Gasteiger partial charge in [-0.25, -0.2) is 0 Å². The van der Waals surface area contributed by atoms with E-state index in [1.165, 1.54) is 83.5 Å². The van der Waals surface area contributed by atoms with Crippen molar-refractivity contribution >= 4 is 0 Å². The van der Waals surface area contributed by atoms with E-state index in [-0.39, 0.29) is 0 Å². The maximum atomic E-state index is 2.45. The molecule has 4 rings (SSSR count). The Bertz CT molecular complexity index is 636. The first kappa shape index (κ1) is 43.0. The van der Waals surface area contributed by atoms with Crippen molar-refractivity contribution in [3.8, 4) is 0 Å². The van der Waals surface area contributed by atoms with Gasteiger partial charge in [0, 0.05) is 0 Å². The van der Waals surface area contributed by atoms with Crippen LogP contribution in [0.2, 0.25) is 0 Å². The number of rotatable bonds is 2. The van der Waals surface area contributed by atoms with Crippen molar-refractivity contribution in [1.82, 2.24) is 0 Å². The second-order valence-electron chi connectivity index (χ2n) is 18.9. The zero-order valence-electron chi connectivity index (χ0n) is 34.4. The topological polar surface area (TPSA) is 0 Å². The summed E-state index contributed by atoms with van der Waals surface area (Å²) in [6.45, 7) is 38.5. The molecule has 0 aliphatic heterocycles. The summed E-state index contributed by atoms with van der Waals surface area (Å²) in [5.41, 5.74) is 0. The first-order chi connectivity index (χ1) is 21.0. The minimum absolute atomic E-state index is 0.954. The maximum Gasteiger partial charge on any atom is -0.0388 e. The molecule has 16 atom stereocenters. The molecule has 0 heterocycles. The molecule has 0 heteroatoms. The SMILES string of the molecule is CC1CC(C)C(C)CC1C.CC1CCC(C)C(C)CC1C.CC1CCC(C)C(C)CCC1C.CCC1CC(C)C(CC)CC1C. The predicted octanol–water partition coefficient (Wildman–Crippen LogP) is 15.2. The predicted molar refractivity (Wildman–Crippen MR) is 207 cm³/mol. The quantitative estimate of drug-likeness (QED) is 0.266. The Morgan fingerprint density at radius 2 is 0.422 bits per heavy atom. The minimum Gasteiger partial charge on any atom is -0.0651 e. The Morgan fingerprint density at radius 3 is 0.622 bits per heavy atom. The summed E-state index contributed by atoms with van der Waals surface area (Å²) in [5, 5.41) is 0. The molecule has 0 aromatic rings. The van der Waals surface area contributed by atoms with Crippen LogP contribution in [0.5, 0.6) is 0 Å². The van der Waals surface area contributed by atoms with Gasteiger partial charge in [-0.15, -0.1) is 0 Å². The molecule has 16 unspecified atom stereocenters. The van der Waals surface area contributed by atoms with Crippen LogP contribution in [0.15, 0.2) is 0 Å². The van der Waals surface area contributed by atoms with Crippen LogP contribution < -0.4 is 0 Å². The maximum absolute atomic E-state index is 2.45. The highest BCUT2D eigenvalue weighted by Gasteiger charge is 2.30. The largest absolute Gasteiger partial charge is 0.0651 e. The number of hydrogen-bond donors (Lipinski definition) is 0. The summed E-state index contributed by atoms with van der Waals surface area (Å²) in [6, 6.07) is 0. The summed E-state index contributed by atoms with van der Waals surface area (Å²) in [4.78, 5) is 0. The minimum atomic E-state index is 0.954. The average Bonchev–Trinajstić information content (AvgIpc) is 3.11. The monoisotopic (exact) mass is 631 g/mol. The van der Waals surface area contributed by atoms with Crippen LogP contribution in [-0.4, -0.2) is 0 Å². The fourth-order valence-corrected chi connectivity index (χ4v) is 9.38. The second kappa shape index (κ2) is 21.9. The zero-order chi connectivity index (χ0) is 34.4. The molecule has 4 saturated carbocycles. The molecule has 0 saturated heterocycles. The van der Waals surface area contributed by atoms with Crippen molar-refractivity contribution in [3.63, 3.8) is 0 Å². The van der Waals surface area contributed by atoms with E-state index in [0.717, 1.165) is 94.7 Å². The molecule has 4 aliphatic carbocycles. The zero-order valence-corrected chi connectivity index (χ0v) is 34.4. The van der Waals surface area contributed by atoms with Crippen molar-refractivity contribution in [2.24, 2.45) is 94.7 Å². The van der Waals surface area contributed by atoms with Gasteiger partial charge in [-0.1, -0.05) is 162 Å². The van der Waals surface area contributed by atoms with Crippen LogP contribution >= 0.6 is 0 Å². The standard InChI is InChI=1S/2C12H24.C11H22.C10H20/c1-9-5-6-11(3)12(4)8-7-10(9)2;1-5-11-7-10(4)12(6-2)8-9(11)3;1-8-5-6-9(2)11(4)7-10(8)3;1-7-5-9(3)10(4)6-8(7)2/h2*9-12H,5-8H2,1-4H3;8-11H,5-7H2,1-4H3;7-10H,5-6H2,1-4H3. The van der Waals surface area contributed by atoms with Gasteiger partial charge in [0.05, 0.1) is 0 Å². The Labute approximate surface area is 288 Å². The summed E-state index contributed by atoms with van der Waals surface area (Å²) in [7, 11) is 0. The smallest absolute Gasteiger partial charge is 0.0388 e. The second-order valence-corrected chi connectivity index (χ2v) is 18.9. The van der Waals surface area contributed by atoms with E-state index in [9.17, 15) is 0 Å². The van der Waals surface area contributed by atoms with Gasteiger partial charge in [-0.3, -0.25) is 0 Å². The lowest BCUT2D eigenvalue weighted by Crippen LogP contribution is -2.28. The van der Waals surface area contributed by atoms with Crippen LogP contribution in [0, 0.1) is 94.7 Å². The Hall–Kier alpha value is 0. The molecular formula is C45H90. The highest BCUT2D eigenvalue weighted by atomic mass is 14.4. The van der Waals surface area contributed by atoms with Crippen LogP contribution in [0.4, 0.5) is 0 Å². The van der Waals surface area contributed by atoms with Crippen molar-refractivity contribution in [2.75, 3.05) is 0 Å². The van der Waals surface area contributed by atoms with Gasteiger partial charge in [-0.05, 0) is 127 Å². The average molecular weight is 631 g/mol. The summed E-state index contributed by atoms with van der Waals surface area (Å²) in [5.74, 6) is 15.5. The summed E-state index contributed by atoms with van der Waals surface area (Å²) >= 11 is 0. The van der Waals surface area contributed by atoms with E-state index < -0.39 is 0 Å². The number of hydrogen-bond acceptors (Lipinski definition) is 0. The van der Waals surface area contributed by atoms with Crippen LogP contribution in [0.1, 0.15) is 194 Å². The van der Waals surface area contributed by atoms with Gasteiger partial charge < -0.3 is 0 Å². The van der Waals surface area contributed by atoms with E-state index in [4.69, 9.17) is 0 Å². The third kappa shape index (κ3) is 15.4. The van der Waals surface area contributed by atoms with Crippen LogP contribution in [-0.2, 0) is 0 Å². The van der Waals surface area contributed by atoms with Crippen LogP contribution in [0.3, 0.4) is 0 Å². The Balaban J connectivity index is 0.000000301. The van der Waals surface area contributed by atoms with E-state index in [1.807, 2.05) is 0 Å². The highest BCUT2D eigenvalue weighted by molar-refractivity contribution is 4.81. The highest BCUT2D eigenvalue weighted by Crippen LogP contribution is 2.41. The lowest BCUT2D eigenvalue weighted by molar-refractivity contribution is 0.127. The third-order valence-corrected chi connectivity index (χ3v) is 15.3. The molecule has 0 nitrogen and oxygen atoms in total. The van der Waals surface area contributed by atoms with Gasteiger partial charge in [0.15, 0.2) is 0 Å². The fourth-order valence-electron chi connectivity index (χ4n) is 9.38. The van der Waals surface area contributed by atoms with Gasteiger partial charge in [-0.2, -0.15) is 0 Å².